The van der Waals surface area contributed by atoms with E-state index < -0.39 is 5.97 Å². The quantitative estimate of drug-likeness (QED) is 0.180. The van der Waals surface area contributed by atoms with Crippen molar-refractivity contribution in [2.75, 3.05) is 0 Å². The van der Waals surface area contributed by atoms with Crippen molar-refractivity contribution in [3.05, 3.63) is 0 Å². The predicted molar refractivity (Wildman–Crippen MR) is 112 cm³/mol. The van der Waals surface area contributed by atoms with Crippen molar-refractivity contribution in [1.29, 1.82) is 0 Å². The third-order valence-corrected chi connectivity index (χ3v) is 5.08. The highest BCUT2D eigenvalue weighted by Gasteiger charge is 2.14. The van der Waals surface area contributed by atoms with E-state index in [0.29, 0.717) is 6.42 Å². The van der Waals surface area contributed by atoms with Gasteiger partial charge in [-0.2, -0.15) is 0 Å². The van der Waals surface area contributed by atoms with Crippen LogP contribution in [0.1, 0.15) is 129 Å². The highest BCUT2D eigenvalue weighted by atomic mass is 16.5. The maximum absolute atomic E-state index is 12.1. The molecule has 0 aromatic carbocycles. The number of carboxylic acid groups (broad SMARTS) is 1. The number of hydrogen-bond acceptors (Lipinski definition) is 3. The minimum Gasteiger partial charge on any atom is -0.481 e. The summed E-state index contributed by atoms with van der Waals surface area (Å²) in [5, 5.41) is 8.60. The summed E-state index contributed by atoms with van der Waals surface area (Å²) in [5.41, 5.74) is 0. The van der Waals surface area contributed by atoms with Crippen LogP contribution in [0.4, 0.5) is 0 Å². The lowest BCUT2D eigenvalue weighted by Crippen LogP contribution is -2.18. The van der Waals surface area contributed by atoms with Gasteiger partial charge in [0.05, 0.1) is 0 Å². The third-order valence-electron chi connectivity index (χ3n) is 5.08. The third kappa shape index (κ3) is 19.5. The van der Waals surface area contributed by atoms with Crippen molar-refractivity contribution in [2.45, 2.75) is 136 Å². The van der Waals surface area contributed by atoms with Crippen LogP contribution in [0, 0.1) is 0 Å². The number of carbonyl (C=O) groups excluding carboxylic acids is 1. The molecule has 0 aromatic rings. The molecule has 1 unspecified atom stereocenters. The largest absolute Gasteiger partial charge is 0.481 e. The fourth-order valence-corrected chi connectivity index (χ4v) is 3.36. The smallest absolute Gasteiger partial charge is 0.306 e. The van der Waals surface area contributed by atoms with Gasteiger partial charge < -0.3 is 9.84 Å². The van der Waals surface area contributed by atoms with E-state index in [4.69, 9.17) is 9.84 Å². The van der Waals surface area contributed by atoms with Gasteiger partial charge in [-0.25, -0.2) is 0 Å². The van der Waals surface area contributed by atoms with E-state index in [1.54, 1.807) is 0 Å². The van der Waals surface area contributed by atoms with Gasteiger partial charge in [-0.15, -0.1) is 0 Å². The molecule has 0 amide bonds. The Morgan fingerprint density at radius 3 is 1.70 bits per heavy atom. The average molecular weight is 385 g/mol. The number of ether oxygens (including phenoxy) is 1. The molecule has 0 aliphatic carbocycles. The normalized spacial score (nSPS) is 12.1. The molecule has 0 radical (unpaired) electrons. The molecular formula is C23H44O4. The van der Waals surface area contributed by atoms with Crippen LogP contribution in [0.2, 0.25) is 0 Å². The molecule has 0 saturated carbocycles. The molecular weight excluding hydrogens is 340 g/mol. The predicted octanol–water partition coefficient (Wildman–Crippen LogP) is 7.04. The van der Waals surface area contributed by atoms with Crippen LogP contribution in [0.3, 0.4) is 0 Å². The second-order valence-electron chi connectivity index (χ2n) is 7.83. The van der Waals surface area contributed by atoms with Gasteiger partial charge in [0, 0.05) is 12.8 Å². The van der Waals surface area contributed by atoms with Gasteiger partial charge in [-0.3, -0.25) is 9.59 Å². The van der Waals surface area contributed by atoms with Gasteiger partial charge in [0.25, 0.3) is 0 Å². The van der Waals surface area contributed by atoms with Crippen LogP contribution in [0.5, 0.6) is 0 Å². The first kappa shape index (κ1) is 25.9. The lowest BCUT2D eigenvalue weighted by Gasteiger charge is -2.18. The minimum absolute atomic E-state index is 0.0481. The lowest BCUT2D eigenvalue weighted by atomic mass is 10.0. The van der Waals surface area contributed by atoms with Crippen molar-refractivity contribution >= 4 is 11.9 Å². The van der Waals surface area contributed by atoms with Crippen LogP contribution in [-0.2, 0) is 14.3 Å². The Morgan fingerprint density at radius 2 is 1.11 bits per heavy atom. The van der Waals surface area contributed by atoms with E-state index in [0.717, 1.165) is 57.8 Å². The Bertz CT molecular complexity index is 354. The van der Waals surface area contributed by atoms with E-state index >= 15 is 0 Å². The van der Waals surface area contributed by atoms with Crippen LogP contribution in [0.25, 0.3) is 0 Å². The Labute approximate surface area is 167 Å². The molecule has 4 nitrogen and oxygen atoms in total. The van der Waals surface area contributed by atoms with Gasteiger partial charge in [-0.1, -0.05) is 78.1 Å². The summed E-state index contributed by atoms with van der Waals surface area (Å²) in [6.45, 7) is 4.44. The van der Waals surface area contributed by atoms with Crippen LogP contribution in [0.15, 0.2) is 0 Å². The number of carbonyl (C=O) groups is 2. The average Bonchev–Trinajstić information content (AvgIpc) is 2.63. The van der Waals surface area contributed by atoms with Crippen LogP contribution in [-0.4, -0.2) is 23.1 Å². The number of esters is 1. The summed E-state index contributed by atoms with van der Waals surface area (Å²) in [6, 6.07) is 0. The molecule has 4 heteroatoms. The fraction of sp³-hybridized carbons (Fsp3) is 0.913. The monoisotopic (exact) mass is 384 g/mol. The zero-order valence-electron chi connectivity index (χ0n) is 18.0. The molecule has 1 N–H and O–H groups in total. The first-order valence-electron chi connectivity index (χ1n) is 11.5. The number of rotatable bonds is 20. The van der Waals surface area contributed by atoms with E-state index in [1.807, 2.05) is 0 Å². The molecule has 0 rings (SSSR count). The Hall–Kier alpha value is -1.06. The molecule has 0 bridgehead atoms. The topological polar surface area (TPSA) is 63.6 Å². The standard InChI is InChI=1S/C23H44O4/c1-3-5-7-8-10-14-18-21(17-13-6-4-2)27-23(26)20-16-12-9-11-15-19-22(24)25/h21H,3-20H2,1-2H3,(H,24,25). The summed E-state index contributed by atoms with van der Waals surface area (Å²) in [6.07, 6.45) is 18.5. The van der Waals surface area contributed by atoms with Crippen LogP contribution >= 0.6 is 0 Å². The first-order valence-corrected chi connectivity index (χ1v) is 11.5. The van der Waals surface area contributed by atoms with E-state index in [2.05, 4.69) is 13.8 Å². The van der Waals surface area contributed by atoms with Gasteiger partial charge in [0.2, 0.25) is 0 Å². The van der Waals surface area contributed by atoms with Crippen LogP contribution < -0.4 is 0 Å². The number of carboxylic acids is 1. The lowest BCUT2D eigenvalue weighted by molar-refractivity contribution is -0.150. The summed E-state index contributed by atoms with van der Waals surface area (Å²) in [5.74, 6) is -0.772. The molecule has 0 saturated heterocycles. The van der Waals surface area contributed by atoms with Gasteiger partial charge in [-0.05, 0) is 38.5 Å². The van der Waals surface area contributed by atoms with E-state index in [-0.39, 0.29) is 18.5 Å². The van der Waals surface area contributed by atoms with E-state index in [1.165, 1.54) is 44.9 Å². The fourth-order valence-electron chi connectivity index (χ4n) is 3.36. The minimum atomic E-state index is -0.724. The molecule has 0 spiro atoms. The number of aliphatic carboxylic acids is 1. The van der Waals surface area contributed by atoms with Crippen molar-refractivity contribution < 1.29 is 19.4 Å². The molecule has 0 aliphatic rings. The summed E-state index contributed by atoms with van der Waals surface area (Å²) in [7, 11) is 0. The Kier molecular flexibility index (Phi) is 18.9. The molecule has 0 heterocycles. The number of unbranched alkanes of at least 4 members (excludes halogenated alkanes) is 11. The highest BCUT2D eigenvalue weighted by Crippen LogP contribution is 2.17. The zero-order valence-corrected chi connectivity index (χ0v) is 18.0. The SMILES string of the molecule is CCCCCCCCC(CCCCC)OC(=O)CCCCCCCC(=O)O. The molecule has 1 atom stereocenters. The molecule has 160 valence electrons. The number of hydrogen-bond donors (Lipinski definition) is 1. The van der Waals surface area contributed by atoms with Crippen molar-refractivity contribution in [3.63, 3.8) is 0 Å². The Balaban J connectivity index is 3.87. The van der Waals surface area contributed by atoms with Crippen molar-refractivity contribution in [1.82, 2.24) is 0 Å². The van der Waals surface area contributed by atoms with Crippen molar-refractivity contribution in [3.8, 4) is 0 Å². The molecule has 0 aromatic heterocycles. The second-order valence-corrected chi connectivity index (χ2v) is 7.83. The maximum Gasteiger partial charge on any atom is 0.306 e. The van der Waals surface area contributed by atoms with Crippen molar-refractivity contribution in [2.24, 2.45) is 0 Å². The summed E-state index contributed by atoms with van der Waals surface area (Å²) >= 11 is 0. The van der Waals surface area contributed by atoms with Gasteiger partial charge in [0.15, 0.2) is 0 Å². The zero-order chi connectivity index (χ0) is 20.2. The summed E-state index contributed by atoms with van der Waals surface area (Å²) in [4.78, 5) is 22.6. The molecule has 0 fully saturated rings. The highest BCUT2D eigenvalue weighted by molar-refractivity contribution is 5.69. The first-order chi connectivity index (χ1) is 13.1. The van der Waals surface area contributed by atoms with Gasteiger partial charge >= 0.3 is 11.9 Å². The van der Waals surface area contributed by atoms with Gasteiger partial charge in [0.1, 0.15) is 6.10 Å². The molecule has 27 heavy (non-hydrogen) atoms. The van der Waals surface area contributed by atoms with E-state index in [9.17, 15) is 9.59 Å². The second kappa shape index (κ2) is 19.7. The maximum atomic E-state index is 12.1. The Morgan fingerprint density at radius 1 is 0.667 bits per heavy atom. The summed E-state index contributed by atoms with van der Waals surface area (Å²) < 4.78 is 5.77. The molecule has 0 aliphatic heterocycles.